The van der Waals surface area contributed by atoms with Crippen LogP contribution in [-0.2, 0) is 22.6 Å². The largest absolute Gasteiger partial charge is 0.488 e. The molecule has 4 amide bonds. The molecular weight excluding hydrogens is 529 g/mol. The van der Waals surface area contributed by atoms with Gasteiger partial charge in [-0.05, 0) is 75.4 Å². The Morgan fingerprint density at radius 2 is 1.86 bits per heavy atom. The zero-order valence-electron chi connectivity index (χ0n) is 19.4. The first-order valence-corrected chi connectivity index (χ1v) is 12.0. The number of imide groups is 1. The first kappa shape index (κ1) is 25.1. The summed E-state index contributed by atoms with van der Waals surface area (Å²) in [6.07, 6.45) is 2.26. The number of hydrogen-bond acceptors (Lipinski definition) is 4. The summed E-state index contributed by atoms with van der Waals surface area (Å²) in [5.41, 5.74) is 3.13. The number of anilines is 1. The lowest BCUT2D eigenvalue weighted by Gasteiger charge is -2.13. The highest BCUT2D eigenvalue weighted by atomic mass is 79.9. The van der Waals surface area contributed by atoms with Crippen LogP contribution in [-0.4, -0.2) is 29.3 Å². The predicted octanol–water partition coefficient (Wildman–Crippen LogP) is 5.26. The third-order valence-electron chi connectivity index (χ3n) is 5.51. The molecule has 1 fully saturated rings. The molecule has 4 rings (SSSR count). The van der Waals surface area contributed by atoms with Crippen LogP contribution in [0.1, 0.15) is 23.6 Å². The van der Waals surface area contributed by atoms with Crippen LogP contribution in [0.2, 0.25) is 0 Å². The molecule has 1 aliphatic rings. The molecule has 0 atom stereocenters. The molecule has 1 aliphatic heterocycles. The number of urea groups is 1. The molecule has 3 aromatic carbocycles. The third-order valence-corrected chi connectivity index (χ3v) is 6.13. The Morgan fingerprint density at radius 3 is 2.58 bits per heavy atom. The molecule has 184 valence electrons. The molecular formula is C27H23BrFN3O4. The van der Waals surface area contributed by atoms with E-state index in [9.17, 15) is 18.8 Å². The first-order chi connectivity index (χ1) is 17.3. The highest BCUT2D eigenvalue weighted by Crippen LogP contribution is 2.28. The number of nitrogens with one attached hydrogen (secondary N) is 2. The van der Waals surface area contributed by atoms with Gasteiger partial charge in [0.05, 0.1) is 4.47 Å². The van der Waals surface area contributed by atoms with Gasteiger partial charge in [-0.3, -0.25) is 9.59 Å². The van der Waals surface area contributed by atoms with Crippen molar-refractivity contribution in [3.05, 3.63) is 99.4 Å². The van der Waals surface area contributed by atoms with E-state index in [0.717, 1.165) is 22.4 Å². The van der Waals surface area contributed by atoms with E-state index in [1.807, 2.05) is 19.1 Å². The lowest BCUT2D eigenvalue weighted by molar-refractivity contribution is -0.127. The molecule has 0 bridgehead atoms. The lowest BCUT2D eigenvalue weighted by atomic mass is 10.1. The van der Waals surface area contributed by atoms with Crippen molar-refractivity contribution in [2.45, 2.75) is 20.0 Å². The predicted molar refractivity (Wildman–Crippen MR) is 138 cm³/mol. The normalized spacial score (nSPS) is 14.2. The van der Waals surface area contributed by atoms with Crippen LogP contribution < -0.4 is 15.4 Å². The number of para-hydroxylation sites is 1. The van der Waals surface area contributed by atoms with Crippen LogP contribution in [0.5, 0.6) is 5.75 Å². The molecule has 0 aromatic heterocycles. The number of amides is 4. The van der Waals surface area contributed by atoms with Gasteiger partial charge in [-0.15, -0.1) is 0 Å². The van der Waals surface area contributed by atoms with Crippen molar-refractivity contribution in [3.63, 3.8) is 0 Å². The molecule has 0 radical (unpaired) electrons. The van der Waals surface area contributed by atoms with E-state index >= 15 is 0 Å². The number of carbonyl (C=O) groups excluding carboxylic acids is 3. The Labute approximate surface area is 216 Å². The second kappa shape index (κ2) is 11.2. The Morgan fingerprint density at radius 1 is 1.11 bits per heavy atom. The summed E-state index contributed by atoms with van der Waals surface area (Å²) in [6.45, 7) is 1.83. The Hall–Kier alpha value is -3.98. The van der Waals surface area contributed by atoms with E-state index < -0.39 is 24.4 Å². The summed E-state index contributed by atoms with van der Waals surface area (Å²) < 4.78 is 19.5. The lowest BCUT2D eigenvalue weighted by Crippen LogP contribution is -2.38. The maximum atomic E-state index is 13.1. The molecule has 0 aliphatic carbocycles. The topological polar surface area (TPSA) is 87.7 Å². The van der Waals surface area contributed by atoms with E-state index in [0.29, 0.717) is 21.5 Å². The number of halogens is 2. The van der Waals surface area contributed by atoms with E-state index in [1.54, 1.807) is 42.5 Å². The molecule has 0 unspecified atom stereocenters. The molecule has 7 nitrogen and oxygen atoms in total. The van der Waals surface area contributed by atoms with Crippen LogP contribution in [0.4, 0.5) is 14.9 Å². The molecule has 36 heavy (non-hydrogen) atoms. The van der Waals surface area contributed by atoms with Crippen molar-refractivity contribution in [2.75, 3.05) is 11.9 Å². The molecule has 9 heteroatoms. The average molecular weight is 552 g/mol. The number of rotatable bonds is 8. The highest BCUT2D eigenvalue weighted by Gasteiger charge is 2.35. The van der Waals surface area contributed by atoms with E-state index in [4.69, 9.17) is 4.74 Å². The number of benzene rings is 3. The van der Waals surface area contributed by atoms with Gasteiger partial charge in [0.1, 0.15) is 30.4 Å². The van der Waals surface area contributed by atoms with Crippen LogP contribution in [0.25, 0.3) is 6.08 Å². The molecule has 1 saturated heterocycles. The fourth-order valence-electron chi connectivity index (χ4n) is 3.63. The van der Waals surface area contributed by atoms with Crippen LogP contribution >= 0.6 is 15.9 Å². The van der Waals surface area contributed by atoms with Crippen molar-refractivity contribution < 1.29 is 23.5 Å². The third kappa shape index (κ3) is 5.98. The minimum absolute atomic E-state index is 0.0636. The van der Waals surface area contributed by atoms with Crippen LogP contribution in [0.3, 0.4) is 0 Å². The summed E-state index contributed by atoms with van der Waals surface area (Å²) in [5.74, 6) is -0.807. The maximum Gasteiger partial charge on any atom is 0.329 e. The summed E-state index contributed by atoms with van der Waals surface area (Å²) in [5, 5.41) is 5.28. The second-order valence-corrected chi connectivity index (χ2v) is 8.90. The van der Waals surface area contributed by atoms with Gasteiger partial charge in [-0.1, -0.05) is 43.3 Å². The summed E-state index contributed by atoms with van der Waals surface area (Å²) in [7, 11) is 0. The summed E-state index contributed by atoms with van der Waals surface area (Å²) >= 11 is 3.45. The van der Waals surface area contributed by atoms with Crippen molar-refractivity contribution in [3.8, 4) is 5.75 Å². The molecule has 2 N–H and O–H groups in total. The van der Waals surface area contributed by atoms with Gasteiger partial charge in [-0.2, -0.15) is 0 Å². The zero-order valence-corrected chi connectivity index (χ0v) is 21.0. The second-order valence-electron chi connectivity index (χ2n) is 8.04. The molecule has 0 spiro atoms. The van der Waals surface area contributed by atoms with Crippen molar-refractivity contribution in [1.82, 2.24) is 10.2 Å². The van der Waals surface area contributed by atoms with Gasteiger partial charge in [0.15, 0.2) is 0 Å². The highest BCUT2D eigenvalue weighted by molar-refractivity contribution is 9.10. The minimum Gasteiger partial charge on any atom is -0.488 e. The monoisotopic (exact) mass is 551 g/mol. The quantitative estimate of drug-likeness (QED) is 0.295. The van der Waals surface area contributed by atoms with Crippen molar-refractivity contribution in [1.29, 1.82) is 0 Å². The van der Waals surface area contributed by atoms with Gasteiger partial charge in [0, 0.05) is 5.69 Å². The number of carbonyl (C=O) groups is 3. The maximum absolute atomic E-state index is 13.1. The van der Waals surface area contributed by atoms with Gasteiger partial charge < -0.3 is 15.4 Å². The van der Waals surface area contributed by atoms with E-state index in [-0.39, 0.29) is 18.1 Å². The fraction of sp³-hybridized carbons (Fsp3) is 0.148. The van der Waals surface area contributed by atoms with E-state index in [2.05, 4.69) is 26.6 Å². The van der Waals surface area contributed by atoms with Gasteiger partial charge in [0.25, 0.3) is 5.91 Å². The van der Waals surface area contributed by atoms with Crippen LogP contribution in [0, 0.1) is 5.82 Å². The zero-order chi connectivity index (χ0) is 25.7. The molecule has 0 saturated carbocycles. The smallest absolute Gasteiger partial charge is 0.329 e. The minimum atomic E-state index is -0.663. The molecule has 1 heterocycles. The van der Waals surface area contributed by atoms with Crippen molar-refractivity contribution >= 4 is 45.5 Å². The summed E-state index contributed by atoms with van der Waals surface area (Å²) in [4.78, 5) is 38.6. The van der Waals surface area contributed by atoms with Gasteiger partial charge >= 0.3 is 6.03 Å². The summed E-state index contributed by atoms with van der Waals surface area (Å²) in [6, 6.07) is 17.9. The van der Waals surface area contributed by atoms with Crippen LogP contribution in [0.15, 0.2) is 76.9 Å². The van der Waals surface area contributed by atoms with E-state index in [1.165, 1.54) is 18.2 Å². The van der Waals surface area contributed by atoms with Gasteiger partial charge in [0.2, 0.25) is 5.91 Å². The first-order valence-electron chi connectivity index (χ1n) is 11.2. The SMILES string of the molecule is CCc1ccccc1NC(=O)CN1C(=O)N/C(=C/c2ccc(OCc3ccc(F)cc3)c(Br)c2)C1=O. The molecule has 3 aromatic rings. The Kier molecular flexibility index (Phi) is 7.80. The number of nitrogens with zero attached hydrogens (tertiary/aromatic N) is 1. The fourth-order valence-corrected chi connectivity index (χ4v) is 4.14. The standard InChI is InChI=1S/C27H23BrFN3O4/c1-2-19-5-3-4-6-22(19)30-25(33)15-32-26(34)23(31-27(32)35)14-18-9-12-24(21(28)13-18)36-16-17-7-10-20(29)11-8-17/h3-14H,2,15-16H2,1H3,(H,30,33)(H,31,35)/b23-14+. The average Bonchev–Trinajstić information content (AvgIpc) is 3.12. The Bertz CT molecular complexity index is 1340. The number of hydrogen-bond donors (Lipinski definition) is 2. The number of ether oxygens (including phenoxy) is 1. The Balaban J connectivity index is 1.40. The number of aryl methyl sites for hydroxylation is 1. The van der Waals surface area contributed by atoms with Crippen molar-refractivity contribution in [2.24, 2.45) is 0 Å². The van der Waals surface area contributed by atoms with Gasteiger partial charge in [-0.25, -0.2) is 14.1 Å².